The van der Waals surface area contributed by atoms with Gasteiger partial charge in [-0.05, 0) is 108 Å². The average molecular weight is 723 g/mol. The van der Waals surface area contributed by atoms with Crippen LogP contribution >= 0.6 is 38.5 Å². The molecule has 0 fully saturated rings. The normalized spacial score (nSPS) is 11.0. The fraction of sp³-hybridized carbons (Fsp3) is 0.152. The number of hydrogen-bond acceptors (Lipinski definition) is 5. The summed E-state index contributed by atoms with van der Waals surface area (Å²) in [4.78, 5) is 12.9. The highest BCUT2D eigenvalue weighted by Crippen LogP contribution is 2.35. The summed E-state index contributed by atoms with van der Waals surface area (Å²) in [5.74, 6) is 1.33. The molecular formula is C33H28BrIN2O4. The molecule has 0 saturated carbocycles. The van der Waals surface area contributed by atoms with E-state index in [0.717, 1.165) is 19.2 Å². The second-order valence-electron chi connectivity index (χ2n) is 9.10. The van der Waals surface area contributed by atoms with E-state index in [9.17, 15) is 10.1 Å². The van der Waals surface area contributed by atoms with E-state index in [0.29, 0.717) is 48.3 Å². The molecule has 0 unspecified atom stereocenters. The molecule has 1 N–H and O–H groups in total. The van der Waals surface area contributed by atoms with Crippen LogP contribution in [0.15, 0.2) is 95.0 Å². The number of amides is 1. The number of nitrogens with zero attached hydrogens (tertiary/aromatic N) is 1. The zero-order valence-corrected chi connectivity index (χ0v) is 26.4. The van der Waals surface area contributed by atoms with Crippen molar-refractivity contribution in [2.24, 2.45) is 0 Å². The Labute approximate surface area is 262 Å². The van der Waals surface area contributed by atoms with Crippen LogP contribution in [-0.2, 0) is 18.0 Å². The van der Waals surface area contributed by atoms with Crippen molar-refractivity contribution in [3.05, 3.63) is 121 Å². The molecule has 0 aromatic heterocycles. The molecule has 0 atom stereocenters. The Morgan fingerprint density at radius 2 is 1.56 bits per heavy atom. The molecule has 0 heterocycles. The average Bonchev–Trinajstić information content (AvgIpc) is 2.97. The number of benzene rings is 4. The van der Waals surface area contributed by atoms with Gasteiger partial charge in [0.05, 0.1) is 10.2 Å². The van der Waals surface area contributed by atoms with Crippen molar-refractivity contribution in [3.8, 4) is 23.3 Å². The molecule has 0 aliphatic rings. The lowest BCUT2D eigenvalue weighted by Crippen LogP contribution is -2.13. The maximum atomic E-state index is 12.9. The Kier molecular flexibility index (Phi) is 10.8. The van der Waals surface area contributed by atoms with Gasteiger partial charge in [-0.25, -0.2) is 0 Å². The molecule has 0 spiro atoms. The van der Waals surface area contributed by atoms with Gasteiger partial charge in [-0.15, -0.1) is 0 Å². The summed E-state index contributed by atoms with van der Waals surface area (Å²) < 4.78 is 19.6. The highest BCUT2D eigenvalue weighted by atomic mass is 127. The first kappa shape index (κ1) is 30.2. The molecule has 6 nitrogen and oxygen atoms in total. The molecule has 41 heavy (non-hydrogen) atoms. The first-order valence-corrected chi connectivity index (χ1v) is 14.8. The summed E-state index contributed by atoms with van der Waals surface area (Å²) >= 11 is 5.60. The van der Waals surface area contributed by atoms with E-state index in [4.69, 9.17) is 14.2 Å². The minimum absolute atomic E-state index is 0.0351. The number of halogens is 2. The van der Waals surface area contributed by atoms with Crippen molar-refractivity contribution >= 4 is 56.2 Å². The first-order valence-electron chi connectivity index (χ1n) is 12.9. The topological polar surface area (TPSA) is 80.6 Å². The molecular weight excluding hydrogens is 695 g/mol. The molecule has 4 aromatic rings. The molecule has 208 valence electrons. The molecule has 4 rings (SSSR count). The number of nitrogens with one attached hydrogen (secondary N) is 1. The van der Waals surface area contributed by atoms with Crippen molar-refractivity contribution in [1.29, 1.82) is 5.26 Å². The number of anilines is 1. The predicted octanol–water partition coefficient (Wildman–Crippen LogP) is 8.46. The van der Waals surface area contributed by atoms with Gasteiger partial charge in [0.15, 0.2) is 11.5 Å². The number of carbonyl (C=O) groups excluding carboxylic acids is 1. The Hall–Kier alpha value is -3.81. The Bertz CT molecular complexity index is 1560. The molecule has 0 aliphatic heterocycles. The molecule has 0 radical (unpaired) electrons. The zero-order valence-electron chi connectivity index (χ0n) is 22.6. The predicted molar refractivity (Wildman–Crippen MR) is 173 cm³/mol. The van der Waals surface area contributed by atoms with Gasteiger partial charge in [0.2, 0.25) is 0 Å². The highest BCUT2D eigenvalue weighted by Gasteiger charge is 2.15. The van der Waals surface area contributed by atoms with Crippen LogP contribution in [0.25, 0.3) is 6.08 Å². The number of carbonyl (C=O) groups is 1. The second kappa shape index (κ2) is 14.7. The SMILES string of the molecule is CCOc1cc(/C=C(\C#N)C(=O)Nc2ccc(OCc3ccc(Br)cc3)cc2)cc(I)c1OCc1ccc(C)cc1. The van der Waals surface area contributed by atoms with E-state index >= 15 is 0 Å². The van der Waals surface area contributed by atoms with Gasteiger partial charge in [0, 0.05) is 10.2 Å². The second-order valence-corrected chi connectivity index (χ2v) is 11.2. The van der Waals surface area contributed by atoms with E-state index in [1.165, 1.54) is 5.56 Å². The summed E-state index contributed by atoms with van der Waals surface area (Å²) in [5.41, 5.74) is 4.45. The van der Waals surface area contributed by atoms with Crippen LogP contribution in [-0.4, -0.2) is 12.5 Å². The third kappa shape index (κ3) is 8.84. The monoisotopic (exact) mass is 722 g/mol. The number of nitriles is 1. The van der Waals surface area contributed by atoms with E-state index < -0.39 is 5.91 Å². The smallest absolute Gasteiger partial charge is 0.266 e. The summed E-state index contributed by atoms with van der Waals surface area (Å²) in [6.07, 6.45) is 1.54. The molecule has 0 saturated heterocycles. The largest absolute Gasteiger partial charge is 0.490 e. The highest BCUT2D eigenvalue weighted by molar-refractivity contribution is 14.1. The summed E-state index contributed by atoms with van der Waals surface area (Å²) in [6.45, 7) is 5.20. The van der Waals surface area contributed by atoms with Crippen LogP contribution in [0.3, 0.4) is 0 Å². The minimum Gasteiger partial charge on any atom is -0.490 e. The van der Waals surface area contributed by atoms with E-state index in [1.807, 2.05) is 74.5 Å². The van der Waals surface area contributed by atoms with Crippen molar-refractivity contribution in [3.63, 3.8) is 0 Å². The van der Waals surface area contributed by atoms with Gasteiger partial charge in [-0.2, -0.15) is 5.26 Å². The maximum absolute atomic E-state index is 12.9. The summed E-state index contributed by atoms with van der Waals surface area (Å²) in [7, 11) is 0. The van der Waals surface area contributed by atoms with Crippen LogP contribution in [0, 0.1) is 21.8 Å². The molecule has 0 bridgehead atoms. The third-order valence-electron chi connectivity index (χ3n) is 5.94. The van der Waals surface area contributed by atoms with Gasteiger partial charge in [0.1, 0.15) is 30.6 Å². The van der Waals surface area contributed by atoms with Gasteiger partial charge >= 0.3 is 0 Å². The number of rotatable bonds is 11. The Balaban J connectivity index is 1.43. The lowest BCUT2D eigenvalue weighted by molar-refractivity contribution is -0.112. The Morgan fingerprint density at radius 3 is 2.20 bits per heavy atom. The van der Waals surface area contributed by atoms with Crippen molar-refractivity contribution < 1.29 is 19.0 Å². The van der Waals surface area contributed by atoms with Crippen molar-refractivity contribution in [2.45, 2.75) is 27.1 Å². The zero-order chi connectivity index (χ0) is 29.2. The third-order valence-corrected chi connectivity index (χ3v) is 7.27. The molecule has 4 aromatic carbocycles. The van der Waals surface area contributed by atoms with Gasteiger partial charge in [-0.1, -0.05) is 57.9 Å². The van der Waals surface area contributed by atoms with Crippen molar-refractivity contribution in [1.82, 2.24) is 0 Å². The van der Waals surface area contributed by atoms with Crippen LogP contribution in [0.2, 0.25) is 0 Å². The minimum atomic E-state index is -0.510. The summed E-state index contributed by atoms with van der Waals surface area (Å²) in [5, 5.41) is 12.5. The van der Waals surface area contributed by atoms with E-state index in [1.54, 1.807) is 36.4 Å². The summed E-state index contributed by atoms with van der Waals surface area (Å²) in [6, 6.07) is 28.7. The Morgan fingerprint density at radius 1 is 0.927 bits per heavy atom. The van der Waals surface area contributed by atoms with E-state index in [-0.39, 0.29) is 5.57 Å². The van der Waals surface area contributed by atoms with E-state index in [2.05, 4.69) is 43.8 Å². The van der Waals surface area contributed by atoms with Crippen molar-refractivity contribution in [2.75, 3.05) is 11.9 Å². The van der Waals surface area contributed by atoms with Crippen LogP contribution in [0.1, 0.15) is 29.2 Å². The lowest BCUT2D eigenvalue weighted by atomic mass is 10.1. The molecule has 0 aliphatic carbocycles. The van der Waals surface area contributed by atoms with Crippen LogP contribution in [0.5, 0.6) is 17.2 Å². The number of ether oxygens (including phenoxy) is 3. The fourth-order valence-corrected chi connectivity index (χ4v) is 4.85. The maximum Gasteiger partial charge on any atom is 0.266 e. The van der Waals surface area contributed by atoms with Gasteiger partial charge < -0.3 is 19.5 Å². The molecule has 8 heteroatoms. The lowest BCUT2D eigenvalue weighted by Gasteiger charge is -2.15. The van der Waals surface area contributed by atoms with Gasteiger partial charge in [-0.3, -0.25) is 4.79 Å². The first-order chi connectivity index (χ1) is 19.8. The number of aryl methyl sites for hydroxylation is 1. The van der Waals surface area contributed by atoms with Gasteiger partial charge in [0.25, 0.3) is 5.91 Å². The number of hydrogen-bond donors (Lipinski definition) is 1. The van der Waals surface area contributed by atoms with Crippen LogP contribution in [0.4, 0.5) is 5.69 Å². The standard InChI is InChI=1S/C33H28BrIN2O4/c1-3-39-31-18-25(17-30(35)32(31)41-21-23-6-4-22(2)5-7-23)16-26(19-36)33(38)37-28-12-14-29(15-13-28)40-20-24-8-10-27(34)11-9-24/h4-18H,3,20-21H2,1-2H3,(H,37,38)/b26-16+. The fourth-order valence-electron chi connectivity index (χ4n) is 3.81. The molecule has 1 amide bonds. The quantitative estimate of drug-likeness (QED) is 0.0955. The van der Waals surface area contributed by atoms with Crippen LogP contribution < -0.4 is 19.5 Å².